The third-order valence-corrected chi connectivity index (χ3v) is 3.45. The van der Waals surface area contributed by atoms with Crippen LogP contribution in [0.5, 0.6) is 0 Å². The summed E-state index contributed by atoms with van der Waals surface area (Å²) in [5.74, 6) is 0. The molecule has 1 saturated carbocycles. The van der Waals surface area contributed by atoms with E-state index in [-0.39, 0.29) is 0 Å². The van der Waals surface area contributed by atoms with Gasteiger partial charge in [0.2, 0.25) is 0 Å². The molecule has 0 spiro atoms. The predicted molar refractivity (Wildman–Crippen MR) is 72.6 cm³/mol. The highest BCUT2D eigenvalue weighted by Crippen LogP contribution is 2.18. The first-order valence-corrected chi connectivity index (χ1v) is 6.66. The molecular weight excluding hydrogens is 224 g/mol. The van der Waals surface area contributed by atoms with Gasteiger partial charge in [-0.05, 0) is 32.0 Å². The second kappa shape index (κ2) is 5.08. The summed E-state index contributed by atoms with van der Waals surface area (Å²) in [5, 5.41) is 7.91. The van der Waals surface area contributed by atoms with Crippen molar-refractivity contribution < 1.29 is 0 Å². The number of hydrogen-bond acceptors (Lipinski definition) is 3. The van der Waals surface area contributed by atoms with Gasteiger partial charge in [0.1, 0.15) is 0 Å². The van der Waals surface area contributed by atoms with Crippen molar-refractivity contribution in [3.63, 3.8) is 0 Å². The van der Waals surface area contributed by atoms with Crippen LogP contribution in [0.25, 0.3) is 5.52 Å². The maximum Gasteiger partial charge on any atom is 0.0706 e. The molecule has 18 heavy (non-hydrogen) atoms. The molecular formula is C14H20N4. The second-order valence-corrected chi connectivity index (χ2v) is 5.17. The smallest absolute Gasteiger partial charge is 0.0706 e. The van der Waals surface area contributed by atoms with Gasteiger partial charge in [-0.3, -0.25) is 0 Å². The molecule has 96 valence electrons. The highest BCUT2D eigenvalue weighted by Gasteiger charge is 2.19. The van der Waals surface area contributed by atoms with Crippen LogP contribution < -0.4 is 5.32 Å². The fraction of sp³-hybridized carbons (Fsp3) is 0.500. The van der Waals surface area contributed by atoms with Gasteiger partial charge in [-0.25, -0.2) is 4.52 Å². The summed E-state index contributed by atoms with van der Waals surface area (Å²) in [6.07, 6.45) is 6.68. The Morgan fingerprint density at radius 2 is 2.33 bits per heavy atom. The number of aromatic nitrogens is 2. The fourth-order valence-electron chi connectivity index (χ4n) is 2.23. The van der Waals surface area contributed by atoms with Crippen LogP contribution >= 0.6 is 0 Å². The van der Waals surface area contributed by atoms with Gasteiger partial charge in [0.05, 0.1) is 11.7 Å². The van der Waals surface area contributed by atoms with Crippen molar-refractivity contribution in [3.8, 4) is 0 Å². The van der Waals surface area contributed by atoms with Gasteiger partial charge in [0.15, 0.2) is 0 Å². The van der Waals surface area contributed by atoms with Gasteiger partial charge in [0, 0.05) is 37.4 Å². The molecule has 1 N–H and O–H groups in total. The summed E-state index contributed by atoms with van der Waals surface area (Å²) in [4.78, 5) is 2.35. The monoisotopic (exact) mass is 244 g/mol. The summed E-state index contributed by atoms with van der Waals surface area (Å²) < 4.78 is 1.94. The number of likely N-dealkylation sites (N-methyl/N-ethyl adjacent to an activating group) is 1. The van der Waals surface area contributed by atoms with Gasteiger partial charge < -0.3 is 10.2 Å². The van der Waals surface area contributed by atoms with E-state index in [1.807, 2.05) is 23.0 Å². The summed E-state index contributed by atoms with van der Waals surface area (Å²) in [7, 11) is 2.17. The SMILES string of the molecule is CN(CCNC1CC1)Cc1cnn2ccccc12. The van der Waals surface area contributed by atoms with Gasteiger partial charge in [-0.2, -0.15) is 5.10 Å². The molecule has 1 aliphatic rings. The quantitative estimate of drug-likeness (QED) is 0.836. The van der Waals surface area contributed by atoms with E-state index < -0.39 is 0 Å². The van der Waals surface area contributed by atoms with Gasteiger partial charge in [-0.1, -0.05) is 6.07 Å². The summed E-state index contributed by atoms with van der Waals surface area (Å²) in [6.45, 7) is 3.13. The van der Waals surface area contributed by atoms with E-state index in [4.69, 9.17) is 0 Å². The second-order valence-electron chi connectivity index (χ2n) is 5.17. The molecule has 3 rings (SSSR count). The van der Waals surface area contributed by atoms with Crippen molar-refractivity contribution >= 4 is 5.52 Å². The number of rotatable bonds is 6. The van der Waals surface area contributed by atoms with Crippen molar-refractivity contribution in [2.45, 2.75) is 25.4 Å². The maximum atomic E-state index is 4.36. The van der Waals surface area contributed by atoms with Gasteiger partial charge in [0.25, 0.3) is 0 Å². The van der Waals surface area contributed by atoms with Gasteiger partial charge in [-0.15, -0.1) is 0 Å². The lowest BCUT2D eigenvalue weighted by Crippen LogP contribution is -2.29. The molecule has 4 heteroatoms. The van der Waals surface area contributed by atoms with Crippen LogP contribution in [0.15, 0.2) is 30.6 Å². The highest BCUT2D eigenvalue weighted by atomic mass is 15.2. The lowest BCUT2D eigenvalue weighted by Gasteiger charge is -2.16. The average Bonchev–Trinajstić information content (AvgIpc) is 3.11. The largest absolute Gasteiger partial charge is 0.313 e. The van der Waals surface area contributed by atoms with Crippen LogP contribution in [-0.4, -0.2) is 40.7 Å². The van der Waals surface area contributed by atoms with E-state index in [9.17, 15) is 0 Å². The summed E-state index contributed by atoms with van der Waals surface area (Å²) in [6, 6.07) is 7.00. The molecule has 0 aromatic carbocycles. The lowest BCUT2D eigenvalue weighted by molar-refractivity contribution is 0.325. The molecule has 0 radical (unpaired) electrons. The Bertz CT molecular complexity index is 515. The minimum atomic E-state index is 0.801. The number of nitrogens with one attached hydrogen (secondary N) is 1. The minimum absolute atomic E-state index is 0.801. The average molecular weight is 244 g/mol. The first-order valence-electron chi connectivity index (χ1n) is 6.66. The Balaban J connectivity index is 1.57. The van der Waals surface area contributed by atoms with Crippen LogP contribution in [0.1, 0.15) is 18.4 Å². The first kappa shape index (κ1) is 11.7. The van der Waals surface area contributed by atoms with E-state index in [1.165, 1.54) is 23.9 Å². The third-order valence-electron chi connectivity index (χ3n) is 3.45. The maximum absolute atomic E-state index is 4.36. The normalized spacial score (nSPS) is 15.7. The van der Waals surface area contributed by atoms with Crippen LogP contribution in [-0.2, 0) is 6.54 Å². The zero-order valence-corrected chi connectivity index (χ0v) is 10.8. The number of hydrogen-bond donors (Lipinski definition) is 1. The molecule has 2 heterocycles. The number of nitrogens with zero attached hydrogens (tertiary/aromatic N) is 3. The molecule has 0 bridgehead atoms. The van der Waals surface area contributed by atoms with E-state index in [0.29, 0.717) is 0 Å². The molecule has 2 aromatic heterocycles. The molecule has 0 atom stereocenters. The molecule has 0 unspecified atom stereocenters. The van der Waals surface area contributed by atoms with Gasteiger partial charge >= 0.3 is 0 Å². The van der Waals surface area contributed by atoms with E-state index in [0.717, 1.165) is 25.7 Å². The third kappa shape index (κ3) is 2.71. The summed E-state index contributed by atoms with van der Waals surface area (Å²) >= 11 is 0. The van der Waals surface area contributed by atoms with E-state index in [2.05, 4.69) is 34.5 Å². The van der Waals surface area contributed by atoms with Crippen molar-refractivity contribution in [1.29, 1.82) is 0 Å². The Labute approximate surface area is 108 Å². The van der Waals surface area contributed by atoms with Crippen molar-refractivity contribution in [1.82, 2.24) is 19.8 Å². The molecule has 1 fully saturated rings. The Kier molecular flexibility index (Phi) is 3.30. The Morgan fingerprint density at radius 3 is 3.17 bits per heavy atom. The molecule has 0 amide bonds. The predicted octanol–water partition coefficient (Wildman–Crippen LogP) is 1.52. The minimum Gasteiger partial charge on any atom is -0.313 e. The van der Waals surface area contributed by atoms with Crippen molar-refractivity contribution in [2.75, 3.05) is 20.1 Å². The highest BCUT2D eigenvalue weighted by molar-refractivity contribution is 5.53. The molecule has 2 aromatic rings. The topological polar surface area (TPSA) is 32.6 Å². The van der Waals surface area contributed by atoms with Crippen LogP contribution in [0.2, 0.25) is 0 Å². The lowest BCUT2D eigenvalue weighted by atomic mass is 10.2. The van der Waals surface area contributed by atoms with Crippen LogP contribution in [0.4, 0.5) is 0 Å². The van der Waals surface area contributed by atoms with Crippen molar-refractivity contribution in [3.05, 3.63) is 36.2 Å². The number of pyridine rings is 1. The van der Waals surface area contributed by atoms with Crippen LogP contribution in [0.3, 0.4) is 0 Å². The Morgan fingerprint density at radius 1 is 1.44 bits per heavy atom. The van der Waals surface area contributed by atoms with E-state index >= 15 is 0 Å². The molecule has 0 aliphatic heterocycles. The van der Waals surface area contributed by atoms with Crippen molar-refractivity contribution in [2.24, 2.45) is 0 Å². The molecule has 0 saturated heterocycles. The van der Waals surface area contributed by atoms with E-state index in [1.54, 1.807) is 0 Å². The zero-order chi connectivity index (χ0) is 12.4. The molecule has 4 nitrogen and oxygen atoms in total. The number of fused-ring (bicyclic) bond motifs is 1. The Hall–Kier alpha value is -1.39. The standard InChI is InChI=1S/C14H20N4/c1-17(9-7-15-13-5-6-13)11-12-10-16-18-8-3-2-4-14(12)18/h2-4,8,10,13,15H,5-7,9,11H2,1H3. The zero-order valence-electron chi connectivity index (χ0n) is 10.8. The fourth-order valence-corrected chi connectivity index (χ4v) is 2.23. The molecule has 1 aliphatic carbocycles. The first-order chi connectivity index (χ1) is 8.83. The summed E-state index contributed by atoms with van der Waals surface area (Å²) in [5.41, 5.74) is 2.50. The van der Waals surface area contributed by atoms with Crippen LogP contribution in [0, 0.1) is 0 Å².